The van der Waals surface area contributed by atoms with Gasteiger partial charge in [-0.15, -0.1) is 0 Å². The molecule has 1 aromatic carbocycles. The molecule has 4 rings (SSSR count). The molecule has 0 bridgehead atoms. The van der Waals surface area contributed by atoms with Crippen LogP contribution >= 0.6 is 0 Å². The van der Waals surface area contributed by atoms with Crippen LogP contribution in [0, 0.1) is 0 Å². The van der Waals surface area contributed by atoms with Crippen LogP contribution in [-0.2, 0) is 5.41 Å². The molecule has 10 nitrogen and oxygen atoms in total. The van der Waals surface area contributed by atoms with Crippen molar-refractivity contribution < 1.29 is 9.90 Å². The van der Waals surface area contributed by atoms with E-state index in [1.165, 1.54) is 6.20 Å². The van der Waals surface area contributed by atoms with E-state index < -0.39 is 11.3 Å². The van der Waals surface area contributed by atoms with Gasteiger partial charge in [0.25, 0.3) is 5.91 Å². The predicted molar refractivity (Wildman–Crippen MR) is 142 cm³/mol. The standard InChI is InChI=1S/C25H30N8O.CH4O/c1-3-12-33(4-2)21-16-28-20(15-29-21)22(34)32-23(26)25(10-5-11-25)19-8-6-17(7-9-19)18-13-30-24(27)31-14-18;1-2/h6-9,13-16H,3-5,10-12H2,1-2H3,(H2,26,32,34)(H2,27,30,31);2H,1H3. The van der Waals surface area contributed by atoms with Gasteiger partial charge in [0.2, 0.25) is 5.95 Å². The van der Waals surface area contributed by atoms with Crippen molar-refractivity contribution in [3.63, 3.8) is 0 Å². The maximum atomic E-state index is 12.8. The summed E-state index contributed by atoms with van der Waals surface area (Å²) in [6.07, 6.45) is 10.2. The average Bonchev–Trinajstić information content (AvgIpc) is 2.89. The second-order valence-corrected chi connectivity index (χ2v) is 8.48. The minimum Gasteiger partial charge on any atom is -0.400 e. The number of aliphatic hydroxyl groups is 1. The molecule has 2 heterocycles. The Morgan fingerprint density at radius 1 is 1.00 bits per heavy atom. The van der Waals surface area contributed by atoms with Gasteiger partial charge in [-0.2, -0.15) is 4.99 Å². The molecule has 0 atom stereocenters. The van der Waals surface area contributed by atoms with Gasteiger partial charge in [-0.25, -0.2) is 19.9 Å². The predicted octanol–water partition coefficient (Wildman–Crippen LogP) is 2.98. The highest BCUT2D eigenvalue weighted by Gasteiger charge is 2.43. The SMILES string of the molecule is CCCN(CC)c1cnc(C(=O)N=C(N)C2(c3ccc(-c4cnc(N)nc4)cc3)CCC2)cn1.CO. The number of carbonyl (C=O) groups is 1. The third kappa shape index (κ3) is 5.65. The van der Waals surface area contributed by atoms with Crippen molar-refractivity contribution in [1.82, 2.24) is 19.9 Å². The number of rotatable bonds is 8. The molecule has 1 fully saturated rings. The van der Waals surface area contributed by atoms with Crippen molar-refractivity contribution in [2.45, 2.75) is 44.9 Å². The number of carbonyl (C=O) groups excluding carboxylic acids is 1. The Balaban J connectivity index is 0.00000176. The maximum Gasteiger partial charge on any atom is 0.298 e. The fourth-order valence-corrected chi connectivity index (χ4v) is 4.27. The van der Waals surface area contributed by atoms with Crippen LogP contribution in [-0.4, -0.2) is 57.0 Å². The Hall–Kier alpha value is -3.92. The number of aromatic nitrogens is 4. The van der Waals surface area contributed by atoms with E-state index >= 15 is 0 Å². The second kappa shape index (κ2) is 12.2. The highest BCUT2D eigenvalue weighted by atomic mass is 16.2. The van der Waals surface area contributed by atoms with Crippen molar-refractivity contribution in [3.8, 4) is 11.1 Å². The minimum atomic E-state index is -0.475. The van der Waals surface area contributed by atoms with Gasteiger partial charge in [-0.05, 0) is 37.3 Å². The Labute approximate surface area is 211 Å². The van der Waals surface area contributed by atoms with Crippen molar-refractivity contribution in [1.29, 1.82) is 0 Å². The van der Waals surface area contributed by atoms with Crippen LogP contribution in [0.1, 0.15) is 55.6 Å². The van der Waals surface area contributed by atoms with Crippen LogP contribution in [0.2, 0.25) is 0 Å². The summed E-state index contributed by atoms with van der Waals surface area (Å²) in [7, 11) is 1.00. The molecule has 1 aliphatic rings. The van der Waals surface area contributed by atoms with Crippen LogP contribution in [0.25, 0.3) is 11.1 Å². The lowest BCUT2D eigenvalue weighted by atomic mass is 9.63. The topological polar surface area (TPSA) is 156 Å². The number of benzene rings is 1. The summed E-state index contributed by atoms with van der Waals surface area (Å²) in [5.41, 5.74) is 14.6. The van der Waals surface area contributed by atoms with E-state index in [1.807, 2.05) is 24.3 Å². The quantitative estimate of drug-likeness (QED) is 0.319. The van der Waals surface area contributed by atoms with Gasteiger partial charge in [-0.3, -0.25) is 4.79 Å². The molecule has 0 spiro atoms. The normalized spacial score (nSPS) is 14.3. The van der Waals surface area contributed by atoms with E-state index in [0.29, 0.717) is 5.84 Å². The second-order valence-electron chi connectivity index (χ2n) is 8.48. The number of aliphatic imine (C=N–C) groups is 1. The Bertz CT molecular complexity index is 1160. The summed E-state index contributed by atoms with van der Waals surface area (Å²) >= 11 is 0. The van der Waals surface area contributed by atoms with E-state index in [-0.39, 0.29) is 11.6 Å². The van der Waals surface area contributed by atoms with Crippen LogP contribution in [0.4, 0.5) is 11.8 Å². The zero-order chi connectivity index (χ0) is 26.1. The first kappa shape index (κ1) is 26.7. The Morgan fingerprint density at radius 3 is 2.17 bits per heavy atom. The van der Waals surface area contributed by atoms with Gasteiger partial charge in [0, 0.05) is 38.2 Å². The molecule has 1 amide bonds. The zero-order valence-electron chi connectivity index (χ0n) is 21.1. The number of aliphatic hydroxyl groups excluding tert-OH is 1. The fourth-order valence-electron chi connectivity index (χ4n) is 4.27. The number of nitrogens with zero attached hydrogens (tertiary/aromatic N) is 6. The number of amides is 1. The summed E-state index contributed by atoms with van der Waals surface area (Å²) < 4.78 is 0. The Kier molecular flexibility index (Phi) is 9.02. The molecule has 1 aliphatic carbocycles. The van der Waals surface area contributed by atoms with E-state index in [9.17, 15) is 4.79 Å². The lowest BCUT2D eigenvalue weighted by molar-refractivity contribution is 0.0996. The first-order chi connectivity index (χ1) is 17.5. The fraction of sp³-hybridized carbons (Fsp3) is 0.385. The summed E-state index contributed by atoms with van der Waals surface area (Å²) in [6, 6.07) is 8.05. The molecule has 0 saturated heterocycles. The highest BCUT2D eigenvalue weighted by molar-refractivity contribution is 6.05. The molecule has 0 aliphatic heterocycles. The monoisotopic (exact) mass is 490 g/mol. The first-order valence-electron chi connectivity index (χ1n) is 12.1. The molecule has 5 N–H and O–H groups in total. The molecule has 36 heavy (non-hydrogen) atoms. The molecule has 0 unspecified atom stereocenters. The molecule has 190 valence electrons. The number of amidine groups is 1. The van der Waals surface area contributed by atoms with Crippen LogP contribution in [0.15, 0.2) is 54.0 Å². The van der Waals surface area contributed by atoms with Gasteiger partial charge < -0.3 is 21.5 Å². The van der Waals surface area contributed by atoms with Gasteiger partial charge in [0.15, 0.2) is 0 Å². The number of nitrogens with two attached hydrogens (primary N) is 2. The zero-order valence-corrected chi connectivity index (χ0v) is 21.1. The average molecular weight is 491 g/mol. The lowest BCUT2D eigenvalue weighted by Gasteiger charge is -2.41. The van der Waals surface area contributed by atoms with Crippen LogP contribution in [0.5, 0.6) is 0 Å². The van der Waals surface area contributed by atoms with E-state index in [4.69, 9.17) is 16.6 Å². The van der Waals surface area contributed by atoms with E-state index in [0.717, 1.165) is 68.4 Å². The van der Waals surface area contributed by atoms with Crippen molar-refractivity contribution in [2.75, 3.05) is 30.8 Å². The van der Waals surface area contributed by atoms with Gasteiger partial charge in [-0.1, -0.05) is 37.6 Å². The highest BCUT2D eigenvalue weighted by Crippen LogP contribution is 2.44. The summed E-state index contributed by atoms with van der Waals surface area (Å²) in [6.45, 7) is 5.89. The molecule has 1 saturated carbocycles. The smallest absolute Gasteiger partial charge is 0.298 e. The number of anilines is 2. The van der Waals surface area contributed by atoms with E-state index in [2.05, 4.69) is 43.7 Å². The maximum absolute atomic E-state index is 12.8. The molecule has 3 aromatic rings. The van der Waals surface area contributed by atoms with Crippen LogP contribution in [0.3, 0.4) is 0 Å². The molecule has 0 radical (unpaired) electrons. The van der Waals surface area contributed by atoms with Gasteiger partial charge >= 0.3 is 0 Å². The third-order valence-electron chi connectivity index (χ3n) is 6.42. The van der Waals surface area contributed by atoms with Crippen LogP contribution < -0.4 is 16.4 Å². The van der Waals surface area contributed by atoms with E-state index in [1.54, 1.807) is 18.6 Å². The molecule has 2 aromatic heterocycles. The van der Waals surface area contributed by atoms with Crippen molar-refractivity contribution in [3.05, 3.63) is 60.3 Å². The number of hydrogen-bond donors (Lipinski definition) is 3. The molecular formula is C26H34N8O2. The summed E-state index contributed by atoms with van der Waals surface area (Å²) in [4.78, 5) is 36.0. The van der Waals surface area contributed by atoms with Gasteiger partial charge in [0.1, 0.15) is 17.3 Å². The third-order valence-corrected chi connectivity index (χ3v) is 6.42. The lowest BCUT2D eigenvalue weighted by Crippen LogP contribution is -2.47. The number of nitrogen functional groups attached to an aromatic ring is 1. The molecule has 10 heteroatoms. The molecular weight excluding hydrogens is 456 g/mol. The largest absolute Gasteiger partial charge is 0.400 e. The summed E-state index contributed by atoms with van der Waals surface area (Å²) in [5.74, 6) is 0.835. The summed E-state index contributed by atoms with van der Waals surface area (Å²) in [5, 5.41) is 7.00. The van der Waals surface area contributed by atoms with Crippen molar-refractivity contribution >= 4 is 23.5 Å². The van der Waals surface area contributed by atoms with Gasteiger partial charge in [0.05, 0.1) is 17.8 Å². The van der Waals surface area contributed by atoms with Crippen molar-refractivity contribution in [2.24, 2.45) is 10.7 Å². The number of hydrogen-bond acceptors (Lipinski definition) is 8. The first-order valence-corrected chi connectivity index (χ1v) is 12.1. The minimum absolute atomic E-state index is 0.187. The Morgan fingerprint density at radius 2 is 1.67 bits per heavy atom.